The molecule has 2 aromatic heterocycles. The largest absolute Gasteiger partial charge is 0.356 e. The summed E-state index contributed by atoms with van der Waals surface area (Å²) in [7, 11) is 0. The molecule has 0 atom stereocenters. The van der Waals surface area contributed by atoms with Gasteiger partial charge in [-0.15, -0.1) is 0 Å². The topological polar surface area (TPSA) is 75.2 Å². The third kappa shape index (κ3) is 5.02. The number of nitrogens with zero attached hydrogens (tertiary/aromatic N) is 3. The van der Waals surface area contributed by atoms with E-state index in [0.717, 1.165) is 37.1 Å². The van der Waals surface area contributed by atoms with Gasteiger partial charge in [0.05, 0.1) is 0 Å². The van der Waals surface area contributed by atoms with Crippen LogP contribution in [-0.4, -0.2) is 38.1 Å². The van der Waals surface area contributed by atoms with E-state index >= 15 is 0 Å². The molecule has 6 nitrogen and oxygen atoms in total. The first kappa shape index (κ1) is 23.0. The van der Waals surface area contributed by atoms with Gasteiger partial charge in [-0.2, -0.15) is 0 Å². The van der Waals surface area contributed by atoms with Crippen molar-refractivity contribution in [2.45, 2.75) is 56.5 Å². The molecule has 0 radical (unpaired) electrons. The van der Waals surface area contributed by atoms with Gasteiger partial charge in [0, 0.05) is 54.3 Å². The monoisotopic (exact) mass is 466 g/mol. The van der Waals surface area contributed by atoms with E-state index in [-0.39, 0.29) is 17.7 Å². The lowest BCUT2D eigenvalue weighted by atomic mass is 9.86. The van der Waals surface area contributed by atoms with Crippen LogP contribution in [0.1, 0.15) is 53.8 Å². The van der Waals surface area contributed by atoms with Gasteiger partial charge < -0.3 is 5.32 Å². The Hall–Kier alpha value is -3.80. The molecule has 1 amide bonds. The van der Waals surface area contributed by atoms with E-state index in [9.17, 15) is 9.59 Å². The second-order valence-corrected chi connectivity index (χ2v) is 9.43. The SMILES string of the molecule is O=C(C=C1NC(Cc2ccccn2)(Cc2ccccn2)C(=O)N1C1CCCCC1)c1ccccc1. The molecule has 1 aliphatic heterocycles. The number of aromatic nitrogens is 2. The molecule has 0 spiro atoms. The first-order valence-corrected chi connectivity index (χ1v) is 12.4. The van der Waals surface area contributed by atoms with Gasteiger partial charge in [-0.05, 0) is 37.1 Å². The quantitative estimate of drug-likeness (QED) is 0.410. The van der Waals surface area contributed by atoms with Crippen molar-refractivity contribution in [3.8, 4) is 0 Å². The maximum absolute atomic E-state index is 14.3. The van der Waals surface area contributed by atoms with E-state index < -0.39 is 5.54 Å². The number of nitrogens with one attached hydrogen (secondary N) is 1. The minimum atomic E-state index is -0.969. The summed E-state index contributed by atoms with van der Waals surface area (Å²) in [5, 5.41) is 3.54. The van der Waals surface area contributed by atoms with Crippen LogP contribution >= 0.6 is 0 Å². The van der Waals surface area contributed by atoms with Crippen molar-refractivity contribution in [1.82, 2.24) is 20.2 Å². The molecule has 178 valence electrons. The number of allylic oxidation sites excluding steroid dienone is 1. The number of rotatable bonds is 7. The molecular formula is C29H30N4O2. The molecule has 0 unspecified atom stereocenters. The summed E-state index contributed by atoms with van der Waals surface area (Å²) in [5.74, 6) is 0.462. The van der Waals surface area contributed by atoms with Gasteiger partial charge in [-0.1, -0.05) is 61.7 Å². The molecule has 5 rings (SSSR count). The Bertz CT molecular complexity index is 1150. The molecular weight excluding hydrogens is 436 g/mol. The predicted octanol–water partition coefficient (Wildman–Crippen LogP) is 4.49. The molecule has 35 heavy (non-hydrogen) atoms. The summed E-state index contributed by atoms with van der Waals surface area (Å²) in [5.41, 5.74) is 1.28. The Morgan fingerprint density at radius 2 is 1.49 bits per heavy atom. The average molecular weight is 467 g/mol. The molecule has 1 saturated heterocycles. The molecule has 1 saturated carbocycles. The number of pyridine rings is 2. The van der Waals surface area contributed by atoms with Gasteiger partial charge in [0.1, 0.15) is 11.4 Å². The lowest BCUT2D eigenvalue weighted by molar-refractivity contribution is -0.134. The fourth-order valence-corrected chi connectivity index (χ4v) is 5.24. The Balaban J connectivity index is 1.57. The van der Waals surface area contributed by atoms with Crippen LogP contribution in [0.2, 0.25) is 0 Å². The first-order chi connectivity index (χ1) is 17.1. The van der Waals surface area contributed by atoms with Crippen molar-refractivity contribution in [1.29, 1.82) is 0 Å². The zero-order chi connectivity index (χ0) is 24.1. The highest BCUT2D eigenvalue weighted by atomic mass is 16.2. The smallest absolute Gasteiger partial charge is 0.254 e. The van der Waals surface area contributed by atoms with E-state index in [0.29, 0.717) is 24.2 Å². The molecule has 3 aromatic rings. The highest BCUT2D eigenvalue weighted by Crippen LogP contribution is 2.35. The predicted molar refractivity (Wildman–Crippen MR) is 134 cm³/mol. The third-order valence-electron chi connectivity index (χ3n) is 6.94. The van der Waals surface area contributed by atoms with Gasteiger partial charge in [0.15, 0.2) is 5.78 Å². The van der Waals surface area contributed by atoms with E-state index in [1.54, 1.807) is 30.6 Å². The molecule has 2 aliphatic rings. The number of amides is 1. The van der Waals surface area contributed by atoms with Crippen molar-refractivity contribution in [3.63, 3.8) is 0 Å². The van der Waals surface area contributed by atoms with Crippen LogP contribution in [0.5, 0.6) is 0 Å². The van der Waals surface area contributed by atoms with Crippen molar-refractivity contribution in [3.05, 3.63) is 108 Å². The van der Waals surface area contributed by atoms with Gasteiger partial charge in [0.2, 0.25) is 0 Å². The lowest BCUT2D eigenvalue weighted by Gasteiger charge is -2.32. The molecule has 1 aromatic carbocycles. The fourth-order valence-electron chi connectivity index (χ4n) is 5.24. The molecule has 0 bridgehead atoms. The van der Waals surface area contributed by atoms with Gasteiger partial charge in [-0.3, -0.25) is 24.5 Å². The van der Waals surface area contributed by atoms with Crippen molar-refractivity contribution < 1.29 is 9.59 Å². The highest BCUT2D eigenvalue weighted by Gasteiger charge is 2.51. The normalized spacial score (nSPS) is 19.0. The lowest BCUT2D eigenvalue weighted by Crippen LogP contribution is -2.52. The third-order valence-corrected chi connectivity index (χ3v) is 6.94. The van der Waals surface area contributed by atoms with Crippen LogP contribution in [0, 0.1) is 0 Å². The molecule has 1 aliphatic carbocycles. The van der Waals surface area contributed by atoms with Crippen LogP contribution in [0.15, 0.2) is 91.0 Å². The summed E-state index contributed by atoms with van der Waals surface area (Å²) >= 11 is 0. The van der Waals surface area contributed by atoms with Crippen molar-refractivity contribution in [2.75, 3.05) is 0 Å². The molecule has 3 heterocycles. The maximum Gasteiger partial charge on any atom is 0.254 e. The van der Waals surface area contributed by atoms with Gasteiger partial charge >= 0.3 is 0 Å². The Morgan fingerprint density at radius 1 is 0.886 bits per heavy atom. The van der Waals surface area contributed by atoms with Gasteiger partial charge in [-0.25, -0.2) is 0 Å². The van der Waals surface area contributed by atoms with Crippen LogP contribution in [0.25, 0.3) is 0 Å². The summed E-state index contributed by atoms with van der Waals surface area (Å²) in [4.78, 5) is 38.4. The van der Waals surface area contributed by atoms with E-state index in [2.05, 4.69) is 15.3 Å². The number of benzene rings is 1. The standard InChI is InChI=1S/C29H30N4O2/c34-26(22-11-3-1-4-12-22)19-27-32-29(20-23-13-7-9-17-30-23,21-24-14-8-10-18-31-24)28(35)33(27)25-15-5-2-6-16-25/h1,3-4,7-14,17-19,25,32H,2,5-6,15-16,20-21H2. The van der Waals surface area contributed by atoms with Gasteiger partial charge in [0.25, 0.3) is 5.91 Å². The Labute approximate surface area is 206 Å². The van der Waals surface area contributed by atoms with Crippen LogP contribution in [-0.2, 0) is 17.6 Å². The summed E-state index contributed by atoms with van der Waals surface area (Å²) in [6, 6.07) is 20.8. The van der Waals surface area contributed by atoms with E-state index in [1.165, 1.54) is 6.42 Å². The molecule has 6 heteroatoms. The summed E-state index contributed by atoms with van der Waals surface area (Å²) in [6.45, 7) is 0. The van der Waals surface area contributed by atoms with Crippen LogP contribution in [0.4, 0.5) is 0 Å². The number of carbonyl (C=O) groups is 2. The zero-order valence-corrected chi connectivity index (χ0v) is 19.8. The minimum Gasteiger partial charge on any atom is -0.356 e. The molecule has 2 fully saturated rings. The van der Waals surface area contributed by atoms with E-state index in [4.69, 9.17) is 0 Å². The second-order valence-electron chi connectivity index (χ2n) is 9.43. The zero-order valence-electron chi connectivity index (χ0n) is 19.8. The Morgan fingerprint density at radius 3 is 2.06 bits per heavy atom. The summed E-state index contributed by atoms with van der Waals surface area (Å²) < 4.78 is 0. The first-order valence-electron chi connectivity index (χ1n) is 12.4. The highest BCUT2D eigenvalue weighted by molar-refractivity contribution is 6.06. The summed E-state index contributed by atoms with van der Waals surface area (Å²) in [6.07, 6.45) is 11.1. The molecule has 1 N–H and O–H groups in total. The van der Waals surface area contributed by atoms with E-state index in [1.807, 2.05) is 59.5 Å². The number of hydrogen-bond donors (Lipinski definition) is 1. The van der Waals surface area contributed by atoms with Crippen LogP contribution in [0.3, 0.4) is 0 Å². The Kier molecular flexibility index (Phi) is 6.70. The van der Waals surface area contributed by atoms with Crippen molar-refractivity contribution in [2.24, 2.45) is 0 Å². The average Bonchev–Trinajstić information content (AvgIpc) is 3.16. The van der Waals surface area contributed by atoms with Crippen LogP contribution < -0.4 is 5.32 Å². The maximum atomic E-state index is 14.3. The fraction of sp³-hybridized carbons (Fsp3) is 0.310. The van der Waals surface area contributed by atoms with Crippen molar-refractivity contribution >= 4 is 11.7 Å². The number of hydrogen-bond acceptors (Lipinski definition) is 5. The second kappa shape index (κ2) is 10.2. The number of ketones is 1. The minimum absolute atomic E-state index is 0.00665. The number of carbonyl (C=O) groups excluding carboxylic acids is 2.